The molecule has 1 saturated carbocycles. The van der Waals surface area contributed by atoms with Gasteiger partial charge < -0.3 is 10.6 Å². The highest BCUT2D eigenvalue weighted by molar-refractivity contribution is 7.86. The molecule has 9 heteroatoms. The molecule has 0 aromatic heterocycles. The fraction of sp³-hybridized carbons (Fsp3) is 0.591. The Kier molecular flexibility index (Phi) is 6.96. The lowest BCUT2D eigenvalue weighted by atomic mass is 9.90. The third kappa shape index (κ3) is 5.29. The summed E-state index contributed by atoms with van der Waals surface area (Å²) in [5, 5.41) is 6.50. The Morgan fingerprint density at radius 2 is 2.00 bits per heavy atom. The van der Waals surface area contributed by atoms with Gasteiger partial charge in [0.2, 0.25) is 11.8 Å². The summed E-state index contributed by atoms with van der Waals surface area (Å²) in [6.07, 6.45) is 4.32. The van der Waals surface area contributed by atoms with Crippen molar-refractivity contribution < 1.29 is 18.6 Å². The minimum absolute atomic E-state index is 0.0205. The van der Waals surface area contributed by atoms with Gasteiger partial charge in [-0.25, -0.2) is 4.79 Å². The first-order valence-electron chi connectivity index (χ1n) is 10.9. The van der Waals surface area contributed by atoms with Gasteiger partial charge in [-0.05, 0) is 36.5 Å². The highest BCUT2D eigenvalue weighted by atomic mass is 35.5. The number of carbonyl (C=O) groups excluding carboxylic acids is 3. The average Bonchev–Trinajstić information content (AvgIpc) is 3.20. The van der Waals surface area contributed by atoms with Crippen LogP contribution in [0.3, 0.4) is 0 Å². The lowest BCUT2D eigenvalue weighted by molar-refractivity contribution is -0.134. The van der Waals surface area contributed by atoms with E-state index in [2.05, 4.69) is 10.6 Å². The molecule has 1 aromatic rings. The van der Waals surface area contributed by atoms with Crippen LogP contribution in [0.5, 0.6) is 0 Å². The molecule has 1 aromatic carbocycles. The van der Waals surface area contributed by atoms with Gasteiger partial charge in [-0.2, -0.15) is 0 Å². The zero-order valence-corrected chi connectivity index (χ0v) is 18.9. The van der Waals surface area contributed by atoms with Gasteiger partial charge in [-0.3, -0.25) is 18.7 Å². The van der Waals surface area contributed by atoms with E-state index in [9.17, 15) is 18.6 Å². The molecule has 0 radical (unpaired) electrons. The molecule has 2 saturated heterocycles. The van der Waals surface area contributed by atoms with Crippen molar-refractivity contribution in [3.05, 3.63) is 34.9 Å². The number of hydrogen-bond donors (Lipinski definition) is 2. The fourth-order valence-corrected chi connectivity index (χ4v) is 6.12. The zero-order valence-electron chi connectivity index (χ0n) is 17.3. The van der Waals surface area contributed by atoms with E-state index in [-0.39, 0.29) is 43.3 Å². The molecule has 7 nitrogen and oxygen atoms in total. The molecule has 2 atom stereocenters. The number of nitrogens with one attached hydrogen (secondary N) is 2. The predicted molar refractivity (Wildman–Crippen MR) is 119 cm³/mol. The number of urea groups is 1. The Balaban J connectivity index is 1.44. The van der Waals surface area contributed by atoms with Crippen molar-refractivity contribution in [2.75, 3.05) is 24.6 Å². The van der Waals surface area contributed by atoms with Gasteiger partial charge in [-0.15, -0.1) is 0 Å². The first-order chi connectivity index (χ1) is 14.9. The van der Waals surface area contributed by atoms with Gasteiger partial charge in [0, 0.05) is 52.8 Å². The Labute approximate surface area is 189 Å². The summed E-state index contributed by atoms with van der Waals surface area (Å²) >= 11 is 6.19. The minimum Gasteiger partial charge on any atom is -0.349 e. The first-order valence-corrected chi connectivity index (χ1v) is 12.8. The molecule has 3 fully saturated rings. The summed E-state index contributed by atoms with van der Waals surface area (Å²) in [5.41, 5.74) is 0.969. The maximum absolute atomic E-state index is 13.2. The van der Waals surface area contributed by atoms with Crippen molar-refractivity contribution in [2.45, 2.75) is 38.1 Å². The molecule has 168 valence electrons. The van der Waals surface area contributed by atoms with Crippen LogP contribution >= 0.6 is 11.6 Å². The van der Waals surface area contributed by atoms with Crippen molar-refractivity contribution in [1.29, 1.82) is 0 Å². The highest BCUT2D eigenvalue weighted by Crippen LogP contribution is 2.36. The van der Waals surface area contributed by atoms with Gasteiger partial charge in [0.15, 0.2) is 0 Å². The van der Waals surface area contributed by atoms with E-state index in [1.807, 2.05) is 24.3 Å². The number of rotatable bonds is 6. The number of benzene rings is 1. The molecule has 3 aliphatic rings. The van der Waals surface area contributed by atoms with E-state index < -0.39 is 22.7 Å². The van der Waals surface area contributed by atoms with E-state index in [0.717, 1.165) is 31.2 Å². The topological polar surface area (TPSA) is 95.6 Å². The van der Waals surface area contributed by atoms with Crippen LogP contribution in [0.25, 0.3) is 0 Å². The summed E-state index contributed by atoms with van der Waals surface area (Å²) in [5.74, 6) is 0.239. The molecule has 31 heavy (non-hydrogen) atoms. The summed E-state index contributed by atoms with van der Waals surface area (Å²) in [6.45, 7) is 0.383. The molecular weight excluding hydrogens is 438 g/mol. The third-order valence-corrected chi connectivity index (χ3v) is 8.42. The Hall–Kier alpha value is -1.93. The van der Waals surface area contributed by atoms with Crippen LogP contribution in [-0.2, 0) is 20.4 Å². The maximum Gasteiger partial charge on any atom is 0.324 e. The summed E-state index contributed by atoms with van der Waals surface area (Å²) in [7, 11) is -0.839. The first kappa shape index (κ1) is 22.3. The normalized spacial score (nSPS) is 27.9. The van der Waals surface area contributed by atoms with E-state index >= 15 is 0 Å². The lowest BCUT2D eigenvalue weighted by Crippen LogP contribution is -2.48. The smallest absolute Gasteiger partial charge is 0.324 e. The van der Waals surface area contributed by atoms with E-state index in [1.54, 1.807) is 0 Å². The second-order valence-corrected chi connectivity index (χ2v) is 10.8. The van der Waals surface area contributed by atoms with Crippen LogP contribution in [0.2, 0.25) is 5.02 Å². The Morgan fingerprint density at radius 1 is 1.26 bits per heavy atom. The number of imide groups is 1. The molecule has 4 amide bonds. The molecule has 4 rings (SSSR count). The van der Waals surface area contributed by atoms with Crippen molar-refractivity contribution in [2.24, 2.45) is 17.8 Å². The van der Waals surface area contributed by atoms with Gasteiger partial charge in [0.25, 0.3) is 0 Å². The van der Waals surface area contributed by atoms with Gasteiger partial charge in [-0.1, -0.05) is 36.6 Å². The standard InChI is InChI=1S/C22H28ClN3O4S/c23-18-7-3-6-16(8-18)20(15-4-1-2-5-15)25-21(28)17-9-19(27)26(22(29)24-10-17)11-14-12-31(30)13-14/h3,6-8,14-15,17,20H,1-2,4-5,9-13H2,(H,24,29)(H,25,28)/t14?,17-,20?,31?/m1/s1. The summed E-state index contributed by atoms with van der Waals surface area (Å²) < 4.78 is 11.3. The van der Waals surface area contributed by atoms with Crippen LogP contribution in [-0.4, -0.2) is 51.5 Å². The molecule has 2 heterocycles. The lowest BCUT2D eigenvalue weighted by Gasteiger charge is -2.29. The monoisotopic (exact) mass is 465 g/mol. The predicted octanol–water partition coefficient (Wildman–Crippen LogP) is 2.62. The number of nitrogens with zero attached hydrogens (tertiary/aromatic N) is 1. The average molecular weight is 466 g/mol. The van der Waals surface area contributed by atoms with Crippen molar-refractivity contribution >= 4 is 40.2 Å². The Bertz CT molecular complexity index is 881. The second kappa shape index (κ2) is 9.69. The van der Waals surface area contributed by atoms with Crippen molar-refractivity contribution in [3.63, 3.8) is 0 Å². The molecular formula is C22H28ClN3O4S. The molecule has 2 N–H and O–H groups in total. The molecule has 0 spiro atoms. The number of amides is 4. The van der Waals surface area contributed by atoms with Gasteiger partial charge in [0.1, 0.15) is 0 Å². The highest BCUT2D eigenvalue weighted by Gasteiger charge is 2.37. The van der Waals surface area contributed by atoms with Crippen molar-refractivity contribution in [1.82, 2.24) is 15.5 Å². The number of hydrogen-bond acceptors (Lipinski definition) is 4. The second-order valence-electron chi connectivity index (χ2n) is 8.82. The summed E-state index contributed by atoms with van der Waals surface area (Å²) in [6, 6.07) is 6.91. The van der Waals surface area contributed by atoms with Crippen LogP contribution in [0, 0.1) is 17.8 Å². The molecule has 0 bridgehead atoms. The van der Waals surface area contributed by atoms with Crippen LogP contribution in [0.15, 0.2) is 24.3 Å². The number of halogens is 1. The quantitative estimate of drug-likeness (QED) is 0.675. The van der Waals surface area contributed by atoms with Gasteiger partial charge in [0.05, 0.1) is 12.0 Å². The molecule has 1 unspecified atom stereocenters. The minimum atomic E-state index is -0.839. The molecule has 2 aliphatic heterocycles. The van der Waals surface area contributed by atoms with E-state index in [4.69, 9.17) is 11.6 Å². The van der Waals surface area contributed by atoms with Gasteiger partial charge >= 0.3 is 6.03 Å². The molecule has 1 aliphatic carbocycles. The SMILES string of the molecule is O=C(NC(c1cccc(Cl)c1)C1CCCC1)[C@H]1CNC(=O)N(CC2CS(=O)C2)C(=O)C1. The van der Waals surface area contributed by atoms with Crippen LogP contribution in [0.4, 0.5) is 4.79 Å². The zero-order chi connectivity index (χ0) is 22.0. The van der Waals surface area contributed by atoms with Crippen LogP contribution < -0.4 is 10.6 Å². The van der Waals surface area contributed by atoms with E-state index in [0.29, 0.717) is 22.4 Å². The third-order valence-electron chi connectivity index (χ3n) is 6.50. The van der Waals surface area contributed by atoms with Crippen LogP contribution in [0.1, 0.15) is 43.7 Å². The largest absolute Gasteiger partial charge is 0.349 e. The summed E-state index contributed by atoms with van der Waals surface area (Å²) in [4.78, 5) is 39.5. The fourth-order valence-electron chi connectivity index (χ4n) is 4.76. The van der Waals surface area contributed by atoms with Crippen molar-refractivity contribution in [3.8, 4) is 0 Å². The maximum atomic E-state index is 13.2. The number of carbonyl (C=O) groups is 3. The van der Waals surface area contributed by atoms with E-state index in [1.165, 1.54) is 4.90 Å². The Morgan fingerprint density at radius 3 is 2.68 bits per heavy atom.